The number of hydrogen-bond acceptors (Lipinski definition) is 3. The fourth-order valence-electron chi connectivity index (χ4n) is 1.31. The zero-order chi connectivity index (χ0) is 11.4. The number of hydrogen-bond donors (Lipinski definition) is 2. The summed E-state index contributed by atoms with van der Waals surface area (Å²) in [7, 11) is 3.18. The van der Waals surface area contributed by atoms with Crippen molar-refractivity contribution in [1.82, 2.24) is 5.32 Å². The molecule has 1 rings (SSSR count). The number of likely N-dealkylation sites (N-methyl/N-ethyl adjacent to an activating group) is 1. The lowest BCUT2D eigenvalue weighted by Crippen LogP contribution is -2.18. The van der Waals surface area contributed by atoms with Gasteiger partial charge in [-0.2, -0.15) is 0 Å². The van der Waals surface area contributed by atoms with Crippen molar-refractivity contribution >= 4 is 15.9 Å². The molecule has 0 aliphatic carbocycles. The molecular formula is C10H13BrFNO2. The molecule has 0 aliphatic rings. The van der Waals surface area contributed by atoms with Gasteiger partial charge in [-0.25, -0.2) is 4.39 Å². The largest absolute Gasteiger partial charge is 0.496 e. The summed E-state index contributed by atoms with van der Waals surface area (Å²) in [6.07, 6.45) is -0.903. The maximum Gasteiger partial charge on any atom is 0.133 e. The number of ether oxygens (including phenoxy) is 1. The molecule has 0 saturated carbocycles. The summed E-state index contributed by atoms with van der Waals surface area (Å²) in [4.78, 5) is 0. The Morgan fingerprint density at radius 3 is 2.80 bits per heavy atom. The second kappa shape index (κ2) is 5.44. The van der Waals surface area contributed by atoms with Crippen molar-refractivity contribution in [2.24, 2.45) is 0 Å². The lowest BCUT2D eigenvalue weighted by atomic mass is 10.1. The molecule has 0 aliphatic heterocycles. The summed E-state index contributed by atoms with van der Waals surface area (Å²) in [6, 6.07) is 2.78. The van der Waals surface area contributed by atoms with Gasteiger partial charge in [0, 0.05) is 12.1 Å². The summed E-state index contributed by atoms with van der Waals surface area (Å²) in [5, 5.41) is 12.5. The van der Waals surface area contributed by atoms with Crippen LogP contribution < -0.4 is 10.1 Å². The predicted octanol–water partition coefficient (Wildman–Crippen LogP) is 1.85. The van der Waals surface area contributed by atoms with E-state index in [0.29, 0.717) is 10.2 Å². The fraction of sp³-hybridized carbons (Fsp3) is 0.400. The maximum absolute atomic E-state index is 13.5. The van der Waals surface area contributed by atoms with Crippen LogP contribution >= 0.6 is 15.9 Å². The molecule has 84 valence electrons. The minimum atomic E-state index is -0.903. The summed E-state index contributed by atoms with van der Waals surface area (Å²) in [5.41, 5.74) is 0.212. The van der Waals surface area contributed by atoms with Gasteiger partial charge in [-0.15, -0.1) is 0 Å². The van der Waals surface area contributed by atoms with Gasteiger partial charge in [0.25, 0.3) is 0 Å². The van der Waals surface area contributed by atoms with Crippen molar-refractivity contribution in [3.05, 3.63) is 28.0 Å². The highest BCUT2D eigenvalue weighted by Gasteiger charge is 2.18. The molecule has 0 aromatic heterocycles. The molecule has 15 heavy (non-hydrogen) atoms. The maximum atomic E-state index is 13.5. The molecule has 2 N–H and O–H groups in total. The third-order valence-electron chi connectivity index (χ3n) is 2.04. The van der Waals surface area contributed by atoms with E-state index in [2.05, 4.69) is 21.2 Å². The van der Waals surface area contributed by atoms with E-state index in [0.717, 1.165) is 0 Å². The number of benzene rings is 1. The Morgan fingerprint density at radius 2 is 2.27 bits per heavy atom. The van der Waals surface area contributed by atoms with Crippen LogP contribution in [0.3, 0.4) is 0 Å². The van der Waals surface area contributed by atoms with Crippen molar-refractivity contribution in [3.8, 4) is 5.75 Å². The van der Waals surface area contributed by atoms with Gasteiger partial charge in [-0.1, -0.05) is 0 Å². The van der Waals surface area contributed by atoms with Crippen LogP contribution in [-0.4, -0.2) is 25.8 Å². The third kappa shape index (κ3) is 2.68. The minimum Gasteiger partial charge on any atom is -0.496 e. The molecule has 1 unspecified atom stereocenters. The van der Waals surface area contributed by atoms with Crippen LogP contribution in [0.2, 0.25) is 0 Å². The predicted molar refractivity (Wildman–Crippen MR) is 59.5 cm³/mol. The number of rotatable bonds is 4. The Bertz CT molecular complexity index is 346. The van der Waals surface area contributed by atoms with Gasteiger partial charge in [0.2, 0.25) is 0 Å². The van der Waals surface area contributed by atoms with Crippen LogP contribution in [0.4, 0.5) is 4.39 Å². The summed E-state index contributed by atoms with van der Waals surface area (Å²) >= 11 is 3.21. The molecule has 0 bridgehead atoms. The van der Waals surface area contributed by atoms with E-state index in [4.69, 9.17) is 4.74 Å². The molecule has 0 amide bonds. The van der Waals surface area contributed by atoms with E-state index in [1.54, 1.807) is 7.05 Å². The number of halogens is 2. The van der Waals surface area contributed by atoms with E-state index in [-0.39, 0.29) is 12.1 Å². The SMILES string of the molecule is CNCC(O)c1c(F)ccc(OC)c1Br. The van der Waals surface area contributed by atoms with E-state index in [1.165, 1.54) is 19.2 Å². The van der Waals surface area contributed by atoms with Crippen LogP contribution in [-0.2, 0) is 0 Å². The van der Waals surface area contributed by atoms with Crippen LogP contribution in [0.5, 0.6) is 5.75 Å². The highest BCUT2D eigenvalue weighted by molar-refractivity contribution is 9.10. The smallest absolute Gasteiger partial charge is 0.133 e. The second-order valence-corrected chi connectivity index (χ2v) is 3.84. The Morgan fingerprint density at radius 1 is 1.60 bits per heavy atom. The Balaban J connectivity index is 3.14. The third-order valence-corrected chi connectivity index (χ3v) is 2.86. The molecule has 5 heteroatoms. The van der Waals surface area contributed by atoms with E-state index < -0.39 is 11.9 Å². The number of nitrogens with one attached hydrogen (secondary N) is 1. The Hall–Kier alpha value is -0.650. The van der Waals surface area contributed by atoms with E-state index in [9.17, 15) is 9.50 Å². The van der Waals surface area contributed by atoms with Gasteiger partial charge < -0.3 is 15.2 Å². The summed E-state index contributed by atoms with van der Waals surface area (Å²) in [5.74, 6) is 0.0481. The molecule has 3 nitrogen and oxygen atoms in total. The van der Waals surface area contributed by atoms with Crippen molar-refractivity contribution in [1.29, 1.82) is 0 Å². The van der Waals surface area contributed by atoms with Gasteiger partial charge in [-0.3, -0.25) is 0 Å². The first kappa shape index (κ1) is 12.4. The Labute approximate surface area is 96.4 Å². The monoisotopic (exact) mass is 277 g/mol. The summed E-state index contributed by atoms with van der Waals surface area (Å²) < 4.78 is 18.9. The Kier molecular flexibility index (Phi) is 4.50. The number of methoxy groups -OCH3 is 1. The fourth-order valence-corrected chi connectivity index (χ4v) is 2.06. The zero-order valence-electron chi connectivity index (χ0n) is 8.55. The summed E-state index contributed by atoms with van der Waals surface area (Å²) in [6.45, 7) is 0.280. The molecule has 1 aromatic carbocycles. The normalized spacial score (nSPS) is 12.6. The van der Waals surface area contributed by atoms with E-state index >= 15 is 0 Å². The minimum absolute atomic E-state index is 0.212. The molecule has 0 heterocycles. The van der Waals surface area contributed by atoms with Crippen molar-refractivity contribution < 1.29 is 14.2 Å². The molecule has 1 atom stereocenters. The van der Waals surface area contributed by atoms with Crippen LogP contribution in [0.15, 0.2) is 16.6 Å². The second-order valence-electron chi connectivity index (χ2n) is 3.05. The molecule has 0 fully saturated rings. The first-order valence-corrected chi connectivity index (χ1v) is 5.25. The lowest BCUT2D eigenvalue weighted by Gasteiger charge is -2.15. The molecule has 0 radical (unpaired) electrons. The zero-order valence-corrected chi connectivity index (χ0v) is 10.1. The lowest BCUT2D eigenvalue weighted by molar-refractivity contribution is 0.171. The highest BCUT2D eigenvalue weighted by Crippen LogP contribution is 2.34. The highest BCUT2D eigenvalue weighted by atomic mass is 79.9. The standard InChI is InChI=1S/C10H13BrFNO2/c1-13-5-7(14)9-6(12)3-4-8(15-2)10(9)11/h3-4,7,13-14H,5H2,1-2H3. The van der Waals surface area contributed by atoms with Gasteiger partial charge in [-0.05, 0) is 35.1 Å². The molecular weight excluding hydrogens is 265 g/mol. The molecule has 1 aromatic rings. The van der Waals surface area contributed by atoms with Crippen LogP contribution in [0.1, 0.15) is 11.7 Å². The van der Waals surface area contributed by atoms with Gasteiger partial charge in [0.1, 0.15) is 11.6 Å². The first-order valence-electron chi connectivity index (χ1n) is 4.46. The quantitative estimate of drug-likeness (QED) is 0.883. The van der Waals surface area contributed by atoms with E-state index in [1.807, 2.05) is 0 Å². The average Bonchev–Trinajstić information content (AvgIpc) is 2.18. The molecule has 0 spiro atoms. The van der Waals surface area contributed by atoms with Gasteiger partial charge in [0.15, 0.2) is 0 Å². The number of aliphatic hydroxyl groups is 1. The van der Waals surface area contributed by atoms with Crippen molar-refractivity contribution in [2.45, 2.75) is 6.10 Å². The molecule has 0 saturated heterocycles. The van der Waals surface area contributed by atoms with Crippen molar-refractivity contribution in [2.75, 3.05) is 20.7 Å². The van der Waals surface area contributed by atoms with Crippen LogP contribution in [0.25, 0.3) is 0 Å². The van der Waals surface area contributed by atoms with Gasteiger partial charge >= 0.3 is 0 Å². The van der Waals surface area contributed by atoms with Gasteiger partial charge in [0.05, 0.1) is 17.7 Å². The van der Waals surface area contributed by atoms with Crippen molar-refractivity contribution in [3.63, 3.8) is 0 Å². The topological polar surface area (TPSA) is 41.5 Å². The first-order chi connectivity index (χ1) is 7.11. The average molecular weight is 278 g/mol. The number of aliphatic hydroxyl groups excluding tert-OH is 1. The van der Waals surface area contributed by atoms with Crippen LogP contribution in [0, 0.1) is 5.82 Å².